The van der Waals surface area contributed by atoms with Crippen LogP contribution >= 0.6 is 0 Å². The van der Waals surface area contributed by atoms with Crippen molar-refractivity contribution in [3.63, 3.8) is 0 Å². The summed E-state index contributed by atoms with van der Waals surface area (Å²) >= 11 is 0. The lowest BCUT2D eigenvalue weighted by Crippen LogP contribution is -2.49. The molecule has 0 spiro atoms. The summed E-state index contributed by atoms with van der Waals surface area (Å²) in [4.78, 5) is 42.5. The minimum Gasteiger partial charge on any atom is -0.497 e. The van der Waals surface area contributed by atoms with Crippen molar-refractivity contribution in [3.05, 3.63) is 65.2 Å². The van der Waals surface area contributed by atoms with Crippen LogP contribution in [0.1, 0.15) is 37.0 Å². The van der Waals surface area contributed by atoms with Crippen LogP contribution in [0.2, 0.25) is 0 Å². The third-order valence-corrected chi connectivity index (χ3v) is 7.34. The van der Waals surface area contributed by atoms with Crippen LogP contribution in [0.15, 0.2) is 59.7 Å². The summed E-state index contributed by atoms with van der Waals surface area (Å²) in [5.41, 5.74) is 3.98. The zero-order valence-corrected chi connectivity index (χ0v) is 21.0. The number of anilines is 2. The van der Waals surface area contributed by atoms with E-state index in [2.05, 4.69) is 10.2 Å². The van der Waals surface area contributed by atoms with E-state index in [1.54, 1.807) is 36.3 Å². The van der Waals surface area contributed by atoms with Gasteiger partial charge in [0, 0.05) is 31.9 Å². The second kappa shape index (κ2) is 10.8. The molecule has 1 fully saturated rings. The van der Waals surface area contributed by atoms with Crippen LogP contribution in [0.5, 0.6) is 5.75 Å². The van der Waals surface area contributed by atoms with E-state index in [9.17, 15) is 19.5 Å². The Labute approximate surface area is 211 Å². The van der Waals surface area contributed by atoms with E-state index < -0.39 is 17.8 Å². The predicted octanol–water partition coefficient (Wildman–Crippen LogP) is 4.04. The summed E-state index contributed by atoms with van der Waals surface area (Å²) in [6.45, 7) is 6.36. The number of carbonyl (C=O) groups excluding carboxylic acids is 2. The van der Waals surface area contributed by atoms with E-state index in [1.165, 1.54) is 0 Å². The average molecular weight is 492 g/mol. The van der Waals surface area contributed by atoms with E-state index in [0.717, 1.165) is 22.6 Å². The molecule has 1 saturated heterocycles. The summed E-state index contributed by atoms with van der Waals surface area (Å²) < 4.78 is 5.23. The molecule has 2 N–H and O–H groups in total. The minimum absolute atomic E-state index is 0.148. The first-order valence-corrected chi connectivity index (χ1v) is 12.2. The third-order valence-electron chi connectivity index (χ3n) is 7.34. The molecule has 8 heteroatoms. The van der Waals surface area contributed by atoms with Gasteiger partial charge in [-0.15, -0.1) is 0 Å². The van der Waals surface area contributed by atoms with Crippen molar-refractivity contribution in [3.8, 4) is 5.75 Å². The SMILES string of the molecule is COc1ccc(N2CCN(C(=O)c3ccccc3NC(=O)[C@H]3CC(C)=C(C)C[C@H]3C(=O)O)CC2)cc1. The van der Waals surface area contributed by atoms with E-state index >= 15 is 0 Å². The number of methoxy groups -OCH3 is 1. The fourth-order valence-corrected chi connectivity index (χ4v) is 4.96. The zero-order valence-electron chi connectivity index (χ0n) is 21.0. The van der Waals surface area contributed by atoms with Gasteiger partial charge >= 0.3 is 5.97 Å². The fraction of sp³-hybridized carbons (Fsp3) is 0.393. The van der Waals surface area contributed by atoms with Gasteiger partial charge in [0.25, 0.3) is 5.91 Å². The number of carbonyl (C=O) groups is 3. The van der Waals surface area contributed by atoms with E-state index in [0.29, 0.717) is 50.3 Å². The average Bonchev–Trinajstić information content (AvgIpc) is 2.90. The lowest BCUT2D eigenvalue weighted by Gasteiger charge is -2.36. The molecule has 4 rings (SSSR count). The molecule has 36 heavy (non-hydrogen) atoms. The van der Waals surface area contributed by atoms with Gasteiger partial charge in [-0.2, -0.15) is 0 Å². The molecule has 190 valence electrons. The van der Waals surface area contributed by atoms with Crippen molar-refractivity contribution < 1.29 is 24.2 Å². The number of nitrogens with zero attached hydrogens (tertiary/aromatic N) is 2. The highest BCUT2D eigenvalue weighted by atomic mass is 16.5. The summed E-state index contributed by atoms with van der Waals surface area (Å²) in [7, 11) is 1.64. The number of rotatable bonds is 6. The summed E-state index contributed by atoms with van der Waals surface area (Å²) in [6, 6.07) is 14.8. The number of nitrogens with one attached hydrogen (secondary N) is 1. The molecule has 2 amide bonds. The monoisotopic (exact) mass is 491 g/mol. The number of carboxylic acid groups (broad SMARTS) is 1. The van der Waals surface area contributed by atoms with Gasteiger partial charge in [-0.25, -0.2) is 0 Å². The molecule has 2 aromatic carbocycles. The molecule has 8 nitrogen and oxygen atoms in total. The highest BCUT2D eigenvalue weighted by Crippen LogP contribution is 2.35. The highest BCUT2D eigenvalue weighted by molar-refractivity contribution is 6.05. The Morgan fingerprint density at radius 2 is 1.50 bits per heavy atom. The number of piperazine rings is 1. The number of aliphatic carboxylic acids is 1. The van der Waals surface area contributed by atoms with Crippen LogP contribution in [0, 0.1) is 11.8 Å². The van der Waals surface area contributed by atoms with E-state index in [-0.39, 0.29) is 11.8 Å². The van der Waals surface area contributed by atoms with Gasteiger partial charge in [0.2, 0.25) is 5.91 Å². The Kier molecular flexibility index (Phi) is 7.62. The summed E-state index contributed by atoms with van der Waals surface area (Å²) in [5.74, 6) is -2.13. The van der Waals surface area contributed by atoms with Gasteiger partial charge in [0.1, 0.15) is 5.75 Å². The van der Waals surface area contributed by atoms with Crippen molar-refractivity contribution in [1.82, 2.24) is 4.90 Å². The Hall–Kier alpha value is -3.81. The van der Waals surface area contributed by atoms with Crippen molar-refractivity contribution in [2.75, 3.05) is 43.5 Å². The lowest BCUT2D eigenvalue weighted by atomic mass is 9.76. The first-order valence-electron chi connectivity index (χ1n) is 12.2. The topological polar surface area (TPSA) is 99.2 Å². The van der Waals surface area contributed by atoms with Crippen LogP contribution in [0.25, 0.3) is 0 Å². The second-order valence-electron chi connectivity index (χ2n) is 9.53. The molecule has 1 aliphatic heterocycles. The van der Waals surface area contributed by atoms with Crippen LogP contribution in [0.3, 0.4) is 0 Å². The molecule has 2 aromatic rings. The van der Waals surface area contributed by atoms with Gasteiger partial charge in [0.05, 0.1) is 30.2 Å². The largest absolute Gasteiger partial charge is 0.497 e. The lowest BCUT2D eigenvalue weighted by molar-refractivity contribution is -0.146. The number of hydrogen-bond donors (Lipinski definition) is 2. The molecule has 2 atom stereocenters. The van der Waals surface area contributed by atoms with Crippen LogP contribution in [-0.2, 0) is 9.59 Å². The van der Waals surface area contributed by atoms with Gasteiger partial charge < -0.3 is 25.0 Å². The molecule has 0 bridgehead atoms. The molecule has 0 unspecified atom stereocenters. The number of amides is 2. The summed E-state index contributed by atoms with van der Waals surface area (Å²) in [5, 5.41) is 12.6. The zero-order chi connectivity index (χ0) is 25.8. The smallest absolute Gasteiger partial charge is 0.307 e. The van der Waals surface area contributed by atoms with E-state index in [4.69, 9.17) is 4.74 Å². The molecule has 0 aromatic heterocycles. The molecular formula is C28H33N3O5. The van der Waals surface area contributed by atoms with Crippen LogP contribution < -0.4 is 15.0 Å². The molecule has 1 aliphatic carbocycles. The maximum atomic E-state index is 13.4. The Bertz CT molecular complexity index is 1170. The number of ether oxygens (including phenoxy) is 1. The first kappa shape index (κ1) is 25.3. The third kappa shape index (κ3) is 5.37. The molecular weight excluding hydrogens is 458 g/mol. The number of hydrogen-bond acceptors (Lipinski definition) is 5. The highest BCUT2D eigenvalue weighted by Gasteiger charge is 2.37. The standard InChI is InChI=1S/C28H33N3O5/c1-18-16-23(24(28(34)35)17-19(18)2)26(32)29-25-7-5-4-6-22(25)27(33)31-14-12-30(13-15-31)20-8-10-21(36-3)11-9-20/h4-11,23-24H,12-17H2,1-3H3,(H,29,32)(H,34,35)/t23-,24+/m0/s1. The first-order chi connectivity index (χ1) is 17.3. The number of para-hydroxylation sites is 1. The Morgan fingerprint density at radius 3 is 2.11 bits per heavy atom. The number of allylic oxidation sites excluding steroid dienone is 2. The van der Waals surface area contributed by atoms with Crippen molar-refractivity contribution in [2.45, 2.75) is 26.7 Å². The normalized spacial score (nSPS) is 20.2. The quantitative estimate of drug-likeness (QED) is 0.592. The Morgan fingerprint density at radius 1 is 0.889 bits per heavy atom. The molecule has 2 aliphatic rings. The predicted molar refractivity (Wildman–Crippen MR) is 138 cm³/mol. The second-order valence-corrected chi connectivity index (χ2v) is 9.53. The maximum Gasteiger partial charge on any atom is 0.307 e. The Balaban J connectivity index is 1.44. The van der Waals surface area contributed by atoms with Gasteiger partial charge in [-0.1, -0.05) is 23.3 Å². The van der Waals surface area contributed by atoms with Crippen molar-refractivity contribution in [2.24, 2.45) is 11.8 Å². The van der Waals surface area contributed by atoms with Gasteiger partial charge in [-0.3, -0.25) is 14.4 Å². The molecule has 1 heterocycles. The molecule has 0 saturated carbocycles. The van der Waals surface area contributed by atoms with Gasteiger partial charge in [-0.05, 0) is 63.1 Å². The van der Waals surface area contributed by atoms with Crippen molar-refractivity contribution >= 4 is 29.2 Å². The van der Waals surface area contributed by atoms with E-state index in [1.807, 2.05) is 38.1 Å². The number of benzene rings is 2. The van der Waals surface area contributed by atoms with Crippen LogP contribution in [-0.4, -0.2) is 61.1 Å². The van der Waals surface area contributed by atoms with Crippen LogP contribution in [0.4, 0.5) is 11.4 Å². The maximum absolute atomic E-state index is 13.4. The summed E-state index contributed by atoms with van der Waals surface area (Å²) in [6.07, 6.45) is 0.760. The minimum atomic E-state index is -0.971. The van der Waals surface area contributed by atoms with Crippen molar-refractivity contribution in [1.29, 1.82) is 0 Å². The van der Waals surface area contributed by atoms with Gasteiger partial charge in [0.15, 0.2) is 0 Å². The molecule has 0 radical (unpaired) electrons. The number of carboxylic acids is 1. The fourth-order valence-electron chi connectivity index (χ4n) is 4.96.